The molecule has 0 saturated carbocycles. The molecule has 6 heteroatoms. The lowest BCUT2D eigenvalue weighted by molar-refractivity contribution is -0.132. The minimum absolute atomic E-state index is 0.251. The average molecular weight is 429 g/mol. The Bertz CT molecular complexity index is 1080. The Labute approximate surface area is 188 Å². The minimum atomic E-state index is 0.251. The summed E-state index contributed by atoms with van der Waals surface area (Å²) in [5.74, 6) is 1.65. The van der Waals surface area contributed by atoms with E-state index in [-0.39, 0.29) is 12.0 Å². The van der Waals surface area contributed by atoms with E-state index >= 15 is 0 Å². The lowest BCUT2D eigenvalue weighted by Gasteiger charge is -2.32. The maximum Gasteiger partial charge on any atom is 0.222 e. The molecule has 2 aromatic heterocycles. The van der Waals surface area contributed by atoms with Crippen LogP contribution in [0.15, 0.2) is 55.2 Å². The summed E-state index contributed by atoms with van der Waals surface area (Å²) in [6.07, 6.45) is 11.5. The van der Waals surface area contributed by atoms with Gasteiger partial charge in [0.15, 0.2) is 0 Å². The zero-order chi connectivity index (χ0) is 21.9. The molecular weight excluding hydrogens is 400 g/mol. The smallest absolute Gasteiger partial charge is 0.222 e. The van der Waals surface area contributed by atoms with Crippen LogP contribution < -0.4 is 4.74 Å². The van der Waals surface area contributed by atoms with E-state index in [4.69, 9.17) is 4.74 Å². The van der Waals surface area contributed by atoms with Crippen LogP contribution in [-0.4, -0.2) is 45.0 Å². The van der Waals surface area contributed by atoms with Gasteiger partial charge in [0.2, 0.25) is 5.91 Å². The molecule has 1 amide bonds. The van der Waals surface area contributed by atoms with Gasteiger partial charge in [-0.1, -0.05) is 18.2 Å². The van der Waals surface area contributed by atoms with Crippen molar-refractivity contribution in [2.45, 2.75) is 51.0 Å². The molecule has 4 heterocycles. The van der Waals surface area contributed by atoms with Crippen molar-refractivity contribution in [1.29, 1.82) is 0 Å². The van der Waals surface area contributed by atoms with E-state index in [1.54, 1.807) is 12.4 Å². The third kappa shape index (κ3) is 4.49. The highest BCUT2D eigenvalue weighted by Gasteiger charge is 2.25. The number of fused-ring (bicyclic) bond motifs is 1. The number of aromatic nitrogens is 3. The Kier molecular flexibility index (Phi) is 5.84. The summed E-state index contributed by atoms with van der Waals surface area (Å²) in [6.45, 7) is 3.69. The van der Waals surface area contributed by atoms with Gasteiger partial charge in [-0.15, -0.1) is 0 Å². The van der Waals surface area contributed by atoms with Crippen LogP contribution in [-0.2, 0) is 17.6 Å². The maximum absolute atomic E-state index is 12.8. The highest BCUT2D eigenvalue weighted by atomic mass is 16.5. The van der Waals surface area contributed by atoms with Gasteiger partial charge >= 0.3 is 0 Å². The molecule has 32 heavy (non-hydrogen) atoms. The third-order valence-corrected chi connectivity index (χ3v) is 6.53. The number of ether oxygens (including phenoxy) is 1. The summed E-state index contributed by atoms with van der Waals surface area (Å²) < 4.78 is 5.77. The van der Waals surface area contributed by atoms with Gasteiger partial charge in [-0.2, -0.15) is 0 Å². The largest absolute Gasteiger partial charge is 0.490 e. The Morgan fingerprint density at radius 2 is 1.88 bits per heavy atom. The quantitative estimate of drug-likeness (QED) is 0.609. The van der Waals surface area contributed by atoms with Crippen molar-refractivity contribution in [3.63, 3.8) is 0 Å². The molecule has 6 nitrogen and oxygen atoms in total. The minimum Gasteiger partial charge on any atom is -0.490 e. The first-order chi connectivity index (χ1) is 15.7. The van der Waals surface area contributed by atoms with Crippen molar-refractivity contribution >= 4 is 5.91 Å². The molecule has 2 aliphatic heterocycles. The van der Waals surface area contributed by atoms with Gasteiger partial charge in [-0.3, -0.25) is 9.78 Å². The van der Waals surface area contributed by atoms with Crippen molar-refractivity contribution in [2.24, 2.45) is 0 Å². The summed E-state index contributed by atoms with van der Waals surface area (Å²) in [7, 11) is 0. The van der Waals surface area contributed by atoms with Crippen molar-refractivity contribution in [3.8, 4) is 16.9 Å². The number of rotatable bonds is 5. The summed E-state index contributed by atoms with van der Waals surface area (Å²) in [6, 6.07) is 10.5. The zero-order valence-corrected chi connectivity index (χ0v) is 18.4. The summed E-state index contributed by atoms with van der Waals surface area (Å²) in [5.41, 5.74) is 5.58. The van der Waals surface area contributed by atoms with Gasteiger partial charge < -0.3 is 9.64 Å². The molecule has 1 atom stereocenters. The number of amides is 1. The van der Waals surface area contributed by atoms with Crippen molar-refractivity contribution in [1.82, 2.24) is 19.9 Å². The van der Waals surface area contributed by atoms with Gasteiger partial charge in [-0.05, 0) is 49.4 Å². The monoisotopic (exact) mass is 428 g/mol. The van der Waals surface area contributed by atoms with Gasteiger partial charge in [-0.25, -0.2) is 9.97 Å². The molecule has 1 fully saturated rings. The molecule has 0 radical (unpaired) electrons. The van der Waals surface area contributed by atoms with E-state index in [0.29, 0.717) is 12.3 Å². The second-order valence-electron chi connectivity index (χ2n) is 8.83. The molecule has 1 aromatic carbocycles. The Hall–Kier alpha value is -3.28. The number of benzene rings is 1. The predicted octanol–water partition coefficient (Wildman–Crippen LogP) is 4.20. The standard InChI is InChI=1S/C26H28N4O2/c1-18-12-22-13-19(2-6-25(22)32-18)3-7-26(31)30-10-8-20(9-11-30)24-5-4-21(16-29-24)23-14-27-17-28-15-23/h2,4-6,13-18,20H,3,7-12H2,1H3/t18-/m0/s1. The van der Waals surface area contributed by atoms with Crippen LogP contribution in [0.25, 0.3) is 11.1 Å². The molecular formula is C26H28N4O2. The van der Waals surface area contributed by atoms with Crippen LogP contribution in [0.5, 0.6) is 5.75 Å². The molecule has 0 spiro atoms. The first-order valence-electron chi connectivity index (χ1n) is 11.4. The van der Waals surface area contributed by atoms with E-state index in [1.807, 2.05) is 17.2 Å². The number of nitrogens with zero attached hydrogens (tertiary/aromatic N) is 4. The Morgan fingerprint density at radius 1 is 1.06 bits per heavy atom. The number of likely N-dealkylation sites (tertiary alicyclic amines) is 1. The van der Waals surface area contributed by atoms with E-state index in [9.17, 15) is 4.79 Å². The molecule has 5 rings (SSSR count). The molecule has 0 N–H and O–H groups in total. The number of carbonyl (C=O) groups is 1. The fraction of sp³-hybridized carbons (Fsp3) is 0.385. The Balaban J connectivity index is 1.12. The zero-order valence-electron chi connectivity index (χ0n) is 18.4. The summed E-state index contributed by atoms with van der Waals surface area (Å²) in [5, 5.41) is 0. The Morgan fingerprint density at radius 3 is 2.62 bits per heavy atom. The lowest BCUT2D eigenvalue weighted by atomic mass is 9.92. The molecule has 3 aromatic rings. The highest BCUT2D eigenvalue weighted by Crippen LogP contribution is 2.31. The van der Waals surface area contributed by atoms with Crippen LogP contribution in [0, 0.1) is 0 Å². The second-order valence-corrected chi connectivity index (χ2v) is 8.83. The van der Waals surface area contributed by atoms with Crippen molar-refractivity contribution in [2.75, 3.05) is 13.1 Å². The van der Waals surface area contributed by atoms with E-state index in [1.165, 1.54) is 17.5 Å². The van der Waals surface area contributed by atoms with Gasteiger partial charge in [0.25, 0.3) is 0 Å². The van der Waals surface area contributed by atoms with Crippen LogP contribution in [0.4, 0.5) is 0 Å². The summed E-state index contributed by atoms with van der Waals surface area (Å²) in [4.78, 5) is 27.6. The predicted molar refractivity (Wildman–Crippen MR) is 122 cm³/mol. The SMILES string of the molecule is C[C@H]1Cc2cc(CCC(=O)N3CCC(c4ccc(-c5cncnc5)cn4)CC3)ccc2O1. The fourth-order valence-corrected chi connectivity index (χ4v) is 4.73. The normalized spacial score (nSPS) is 18.3. The molecule has 0 aliphatic carbocycles. The lowest BCUT2D eigenvalue weighted by Crippen LogP contribution is -2.38. The van der Waals surface area contributed by atoms with Crippen LogP contribution >= 0.6 is 0 Å². The molecule has 0 unspecified atom stereocenters. The van der Waals surface area contributed by atoms with E-state index < -0.39 is 0 Å². The first-order valence-corrected chi connectivity index (χ1v) is 11.4. The maximum atomic E-state index is 12.8. The van der Waals surface area contributed by atoms with Gasteiger partial charge in [0, 0.05) is 67.3 Å². The van der Waals surface area contributed by atoms with Crippen LogP contribution in [0.2, 0.25) is 0 Å². The molecule has 164 valence electrons. The van der Waals surface area contributed by atoms with Crippen molar-refractivity contribution in [3.05, 3.63) is 72.1 Å². The summed E-state index contributed by atoms with van der Waals surface area (Å²) >= 11 is 0. The number of hydrogen-bond acceptors (Lipinski definition) is 5. The number of piperidine rings is 1. The van der Waals surface area contributed by atoms with Gasteiger partial charge in [0.05, 0.1) is 0 Å². The molecule has 0 bridgehead atoms. The van der Waals surface area contributed by atoms with Crippen LogP contribution in [0.3, 0.4) is 0 Å². The topological polar surface area (TPSA) is 68.2 Å². The molecule has 2 aliphatic rings. The number of hydrogen-bond donors (Lipinski definition) is 0. The number of aryl methyl sites for hydroxylation is 1. The first kappa shape index (κ1) is 20.6. The highest BCUT2D eigenvalue weighted by molar-refractivity contribution is 5.76. The number of pyridine rings is 1. The number of carbonyl (C=O) groups excluding carboxylic acids is 1. The van der Waals surface area contributed by atoms with E-state index in [0.717, 1.165) is 61.3 Å². The third-order valence-electron chi connectivity index (χ3n) is 6.53. The second kappa shape index (κ2) is 9.07. The fourth-order valence-electron chi connectivity index (χ4n) is 4.73. The molecule has 1 saturated heterocycles. The van der Waals surface area contributed by atoms with Gasteiger partial charge in [0.1, 0.15) is 18.2 Å². The van der Waals surface area contributed by atoms with E-state index in [2.05, 4.69) is 46.1 Å². The van der Waals surface area contributed by atoms with Crippen molar-refractivity contribution < 1.29 is 9.53 Å². The average Bonchev–Trinajstić information content (AvgIpc) is 3.22. The van der Waals surface area contributed by atoms with Crippen LogP contribution in [0.1, 0.15) is 48.9 Å².